The molecule has 4 rings (SSSR count). The minimum Gasteiger partial charge on any atom is -0.481 e. The van der Waals surface area contributed by atoms with Crippen LogP contribution < -0.4 is 9.46 Å². The first kappa shape index (κ1) is 23.0. The van der Waals surface area contributed by atoms with Gasteiger partial charge in [-0.2, -0.15) is 28.1 Å². The molecule has 3 aromatic heterocycles. The Morgan fingerprint density at radius 2 is 2.00 bits per heavy atom. The molecule has 0 amide bonds. The summed E-state index contributed by atoms with van der Waals surface area (Å²) >= 11 is 0. The molecule has 1 aliphatic carbocycles. The normalized spacial score (nSPS) is 15.8. The minimum atomic E-state index is -4.72. The molecule has 0 aromatic carbocycles. The summed E-state index contributed by atoms with van der Waals surface area (Å²) in [7, 11) is -2.95. The van der Waals surface area contributed by atoms with Crippen LogP contribution in [-0.4, -0.2) is 42.3 Å². The van der Waals surface area contributed by atoms with E-state index in [1.165, 1.54) is 19.2 Å². The van der Waals surface area contributed by atoms with E-state index >= 15 is 0 Å². The van der Waals surface area contributed by atoms with Crippen molar-refractivity contribution in [3.05, 3.63) is 36.0 Å². The van der Waals surface area contributed by atoms with Crippen molar-refractivity contribution in [2.75, 3.05) is 7.11 Å². The summed E-state index contributed by atoms with van der Waals surface area (Å²) in [6.45, 7) is 0.719. The summed E-state index contributed by atoms with van der Waals surface area (Å²) < 4.78 is 71.9. The molecular weight excluding hydrogens is 459 g/mol. The maximum absolute atomic E-state index is 12.8. The van der Waals surface area contributed by atoms with E-state index in [1.807, 2.05) is 4.57 Å². The van der Waals surface area contributed by atoms with E-state index in [4.69, 9.17) is 4.74 Å². The summed E-state index contributed by atoms with van der Waals surface area (Å²) in [6.07, 6.45) is -0.958. The van der Waals surface area contributed by atoms with Gasteiger partial charge in [-0.3, -0.25) is 4.98 Å². The fourth-order valence-corrected chi connectivity index (χ4v) is 4.86. The number of sulfonamides is 1. The molecule has 0 saturated heterocycles. The van der Waals surface area contributed by atoms with Gasteiger partial charge in [-0.25, -0.2) is 8.42 Å². The zero-order valence-corrected chi connectivity index (χ0v) is 18.5. The van der Waals surface area contributed by atoms with Crippen LogP contribution in [0.3, 0.4) is 0 Å². The minimum absolute atomic E-state index is 0.0868. The molecule has 12 heteroatoms. The molecule has 0 bridgehead atoms. The highest BCUT2D eigenvalue weighted by molar-refractivity contribution is 7.89. The fraction of sp³-hybridized carbons (Fsp3) is 0.381. The summed E-state index contributed by atoms with van der Waals surface area (Å²) in [4.78, 5) is 8.30. The number of methoxy groups -OCH3 is 1. The van der Waals surface area contributed by atoms with Crippen LogP contribution in [0.2, 0.25) is 0 Å². The van der Waals surface area contributed by atoms with E-state index in [2.05, 4.69) is 16.0 Å². The van der Waals surface area contributed by atoms with Crippen LogP contribution in [0.5, 0.6) is 5.88 Å². The van der Waals surface area contributed by atoms with Gasteiger partial charge < -0.3 is 9.30 Å². The number of nitrogens with one attached hydrogen (secondary N) is 1. The maximum Gasteiger partial charge on any atom is 0.404 e. The lowest BCUT2D eigenvalue weighted by Crippen LogP contribution is -2.42. The summed E-state index contributed by atoms with van der Waals surface area (Å²) in [5.74, 6) is 0.385. The number of halogens is 3. The van der Waals surface area contributed by atoms with Gasteiger partial charge in [0.15, 0.2) is 0 Å². The second-order valence-corrected chi connectivity index (χ2v) is 9.49. The second-order valence-electron chi connectivity index (χ2n) is 7.78. The molecule has 1 aliphatic rings. The van der Waals surface area contributed by atoms with Crippen molar-refractivity contribution in [3.8, 4) is 23.3 Å². The Hall–Kier alpha value is -3.17. The maximum atomic E-state index is 12.8. The number of ether oxygens (including phenoxy) is 1. The number of pyridine rings is 2. The zero-order valence-electron chi connectivity index (χ0n) is 17.7. The predicted octanol–water partition coefficient (Wildman–Crippen LogP) is 3.93. The number of hydrogen-bond donors (Lipinski definition) is 1. The molecule has 1 fully saturated rings. The van der Waals surface area contributed by atoms with Crippen molar-refractivity contribution in [2.24, 2.45) is 0 Å². The Balaban J connectivity index is 1.80. The van der Waals surface area contributed by atoms with E-state index in [-0.39, 0.29) is 6.04 Å². The molecule has 0 aliphatic heterocycles. The topological polar surface area (TPSA) is 110 Å². The number of aromatic nitrogens is 3. The largest absolute Gasteiger partial charge is 0.481 e. The van der Waals surface area contributed by atoms with Crippen LogP contribution in [-0.2, 0) is 10.0 Å². The quantitative estimate of drug-likeness (QED) is 0.574. The zero-order chi connectivity index (χ0) is 24.0. The Morgan fingerprint density at radius 1 is 1.27 bits per heavy atom. The van der Waals surface area contributed by atoms with Gasteiger partial charge in [0.2, 0.25) is 15.9 Å². The van der Waals surface area contributed by atoms with Gasteiger partial charge in [-0.15, -0.1) is 0 Å². The van der Waals surface area contributed by atoms with Crippen LogP contribution in [0.25, 0.3) is 22.4 Å². The number of hydrogen-bond acceptors (Lipinski definition) is 6. The Bertz CT molecular complexity index is 1340. The van der Waals surface area contributed by atoms with Crippen molar-refractivity contribution >= 4 is 21.1 Å². The third kappa shape index (κ3) is 4.14. The number of nitrogens with zero attached hydrogens (tertiary/aromatic N) is 4. The fourth-order valence-electron chi connectivity index (χ4n) is 3.69. The van der Waals surface area contributed by atoms with Gasteiger partial charge in [-0.05, 0) is 44.4 Å². The lowest BCUT2D eigenvalue weighted by Gasteiger charge is -2.29. The van der Waals surface area contributed by atoms with Gasteiger partial charge in [0.25, 0.3) is 0 Å². The highest BCUT2D eigenvalue weighted by Gasteiger charge is 2.39. The number of rotatable bonds is 6. The smallest absolute Gasteiger partial charge is 0.404 e. The van der Waals surface area contributed by atoms with Crippen LogP contribution >= 0.6 is 0 Å². The summed E-state index contributed by atoms with van der Waals surface area (Å²) in [6, 6.07) is 5.96. The first-order valence-electron chi connectivity index (χ1n) is 10.1. The van der Waals surface area contributed by atoms with Gasteiger partial charge >= 0.3 is 6.18 Å². The molecule has 33 heavy (non-hydrogen) atoms. The van der Waals surface area contributed by atoms with Crippen molar-refractivity contribution in [3.63, 3.8) is 0 Å². The lowest BCUT2D eigenvalue weighted by molar-refractivity contribution is -0.147. The summed E-state index contributed by atoms with van der Waals surface area (Å²) in [5, 5.41) is 10.5. The molecule has 3 heterocycles. The SMILES string of the molecule is COc1ccc2c(C#N)c(-c3ccc(S(=O)(=O)N[C@H](C)C(F)(F)F)cn3)n(C3CCC3)c2n1. The van der Waals surface area contributed by atoms with Gasteiger partial charge in [-0.1, -0.05) is 0 Å². The molecule has 0 spiro atoms. The van der Waals surface area contributed by atoms with E-state index < -0.39 is 27.1 Å². The molecule has 1 saturated carbocycles. The monoisotopic (exact) mass is 479 g/mol. The second kappa shape index (κ2) is 8.31. The van der Waals surface area contributed by atoms with Gasteiger partial charge in [0, 0.05) is 23.7 Å². The molecule has 3 aromatic rings. The van der Waals surface area contributed by atoms with Crippen molar-refractivity contribution < 1.29 is 26.3 Å². The molecule has 0 radical (unpaired) electrons. The Kier molecular flexibility index (Phi) is 5.79. The Morgan fingerprint density at radius 3 is 2.52 bits per heavy atom. The van der Waals surface area contributed by atoms with Crippen LogP contribution in [0, 0.1) is 11.3 Å². The average molecular weight is 479 g/mol. The number of nitriles is 1. The van der Waals surface area contributed by atoms with Crippen LogP contribution in [0.1, 0.15) is 37.8 Å². The molecule has 174 valence electrons. The van der Waals surface area contributed by atoms with E-state index in [1.54, 1.807) is 16.9 Å². The van der Waals surface area contributed by atoms with E-state index in [0.717, 1.165) is 32.4 Å². The molecule has 0 unspecified atom stereocenters. The average Bonchev–Trinajstić information content (AvgIpc) is 3.04. The highest BCUT2D eigenvalue weighted by atomic mass is 32.2. The number of alkyl halides is 3. The molecule has 1 N–H and O–H groups in total. The summed E-state index contributed by atoms with van der Waals surface area (Å²) in [5.41, 5.74) is 1.69. The lowest BCUT2D eigenvalue weighted by atomic mass is 9.92. The first-order valence-corrected chi connectivity index (χ1v) is 11.6. The third-order valence-corrected chi connectivity index (χ3v) is 7.22. The van der Waals surface area contributed by atoms with Crippen molar-refractivity contribution in [1.82, 2.24) is 19.3 Å². The van der Waals surface area contributed by atoms with E-state index in [9.17, 15) is 26.9 Å². The standard InChI is InChI=1S/C21H20F3N5O3S/c1-12(21(22,23)24)28-33(30,31)14-6-8-17(26-11-14)19-16(10-25)15-7-9-18(32-2)27-20(15)29(19)13-4-3-5-13/h6-9,11-13,28H,3-5H2,1-2H3/t12-/m1/s1. The molecule has 8 nitrogen and oxygen atoms in total. The van der Waals surface area contributed by atoms with Crippen molar-refractivity contribution in [2.45, 2.75) is 49.3 Å². The first-order chi connectivity index (χ1) is 15.6. The highest BCUT2D eigenvalue weighted by Crippen LogP contribution is 2.42. The van der Waals surface area contributed by atoms with Gasteiger partial charge in [0.1, 0.15) is 22.7 Å². The Labute approximate surface area is 188 Å². The van der Waals surface area contributed by atoms with Crippen molar-refractivity contribution in [1.29, 1.82) is 5.26 Å². The van der Waals surface area contributed by atoms with Gasteiger partial charge in [0.05, 0.1) is 24.1 Å². The third-order valence-electron chi connectivity index (χ3n) is 5.70. The van der Waals surface area contributed by atoms with Crippen LogP contribution in [0.15, 0.2) is 35.4 Å². The molecular formula is C21H20F3N5O3S. The van der Waals surface area contributed by atoms with Crippen LogP contribution in [0.4, 0.5) is 13.2 Å². The predicted molar refractivity (Wildman–Crippen MR) is 113 cm³/mol. The molecule has 1 atom stereocenters. The van der Waals surface area contributed by atoms with E-state index in [0.29, 0.717) is 33.9 Å². The number of fused-ring (bicyclic) bond motifs is 1.